The van der Waals surface area contributed by atoms with Gasteiger partial charge < -0.3 is 9.64 Å². The lowest BCUT2D eigenvalue weighted by Crippen LogP contribution is -2.53. The monoisotopic (exact) mass is 307 g/mol. The van der Waals surface area contributed by atoms with Gasteiger partial charge in [0.25, 0.3) is 0 Å². The predicted octanol–water partition coefficient (Wildman–Crippen LogP) is 4.40. The maximum absolute atomic E-state index is 12.6. The van der Waals surface area contributed by atoms with Crippen LogP contribution in [0.2, 0.25) is 0 Å². The van der Waals surface area contributed by atoms with Crippen LogP contribution in [0.1, 0.15) is 57.6 Å². The Hall–Kier alpha value is -1.03. The maximum Gasteiger partial charge on any atom is 0.410 e. The van der Waals surface area contributed by atoms with Crippen molar-refractivity contribution in [3.8, 4) is 0 Å². The van der Waals surface area contributed by atoms with Gasteiger partial charge in [0.1, 0.15) is 5.60 Å². The Morgan fingerprint density at radius 1 is 1.19 bits per heavy atom. The molecule has 0 N–H and O–H groups in total. The van der Waals surface area contributed by atoms with Crippen molar-refractivity contribution in [1.29, 1.82) is 0 Å². The summed E-state index contributed by atoms with van der Waals surface area (Å²) in [7, 11) is 0. The molecule has 0 bridgehead atoms. The number of hydrogen-bond acceptors (Lipinski definition) is 3. The van der Waals surface area contributed by atoms with Crippen molar-refractivity contribution in [3.05, 3.63) is 21.9 Å². The Bertz CT molecular complexity index is 513. The molecule has 1 amide bonds. The Labute approximate surface area is 131 Å². The second-order valence-corrected chi connectivity index (χ2v) is 8.03. The van der Waals surface area contributed by atoms with Gasteiger partial charge in [-0.1, -0.05) is 0 Å². The number of carbonyl (C=O) groups excluding carboxylic acids is 1. The number of ether oxygens (including phenoxy) is 1. The van der Waals surface area contributed by atoms with Crippen molar-refractivity contribution in [2.24, 2.45) is 0 Å². The van der Waals surface area contributed by atoms with Crippen molar-refractivity contribution in [2.45, 2.75) is 77.0 Å². The van der Waals surface area contributed by atoms with Crippen molar-refractivity contribution in [3.63, 3.8) is 0 Å². The van der Waals surface area contributed by atoms with Crippen LogP contribution in [0.5, 0.6) is 0 Å². The first-order chi connectivity index (χ1) is 9.94. The van der Waals surface area contributed by atoms with Crippen LogP contribution >= 0.6 is 11.3 Å². The lowest BCUT2D eigenvalue weighted by Gasteiger charge is -2.44. The minimum Gasteiger partial charge on any atom is -0.444 e. The largest absolute Gasteiger partial charge is 0.444 e. The molecule has 0 aromatic carbocycles. The molecule has 1 aromatic rings. The van der Waals surface area contributed by atoms with Crippen LogP contribution in [0, 0.1) is 0 Å². The van der Waals surface area contributed by atoms with Gasteiger partial charge in [0.05, 0.1) is 0 Å². The highest BCUT2D eigenvalue weighted by atomic mass is 32.1. The van der Waals surface area contributed by atoms with E-state index in [1.54, 1.807) is 11.3 Å². The van der Waals surface area contributed by atoms with E-state index in [2.05, 4.69) is 15.7 Å². The van der Waals surface area contributed by atoms with Crippen molar-refractivity contribution in [2.75, 3.05) is 0 Å². The highest BCUT2D eigenvalue weighted by molar-refractivity contribution is 7.08. The second-order valence-electron chi connectivity index (χ2n) is 7.29. The Kier molecular flexibility index (Phi) is 4.00. The lowest BCUT2D eigenvalue weighted by atomic mass is 9.85. The van der Waals surface area contributed by atoms with E-state index in [-0.39, 0.29) is 6.09 Å². The third-order valence-electron chi connectivity index (χ3n) is 4.50. The van der Waals surface area contributed by atoms with Crippen LogP contribution in [-0.4, -0.2) is 28.7 Å². The van der Waals surface area contributed by atoms with E-state index in [0.29, 0.717) is 12.1 Å². The topological polar surface area (TPSA) is 29.5 Å². The fourth-order valence-electron chi connectivity index (χ4n) is 3.24. The molecule has 1 unspecified atom stereocenters. The summed E-state index contributed by atoms with van der Waals surface area (Å²) in [5.74, 6) is 0. The summed E-state index contributed by atoms with van der Waals surface area (Å²) in [5.41, 5.74) is 2.50. The van der Waals surface area contributed by atoms with E-state index in [9.17, 15) is 4.79 Å². The van der Waals surface area contributed by atoms with Gasteiger partial charge >= 0.3 is 6.09 Å². The summed E-state index contributed by atoms with van der Waals surface area (Å²) in [6.07, 6.45) is 6.54. The SMILES string of the molecule is CC(C)(C)OC(=O)N(C1CCC1)C1CCc2cscc2C1. The van der Waals surface area contributed by atoms with Gasteiger partial charge in [-0.2, -0.15) is 11.3 Å². The molecule has 1 atom stereocenters. The summed E-state index contributed by atoms with van der Waals surface area (Å²) < 4.78 is 5.67. The zero-order valence-electron chi connectivity index (χ0n) is 13.2. The quantitative estimate of drug-likeness (QED) is 0.810. The Morgan fingerprint density at radius 2 is 1.90 bits per heavy atom. The number of nitrogens with zero attached hydrogens (tertiary/aromatic N) is 1. The van der Waals surface area contributed by atoms with Gasteiger partial charge in [0.15, 0.2) is 0 Å². The average molecular weight is 307 g/mol. The predicted molar refractivity (Wildman–Crippen MR) is 85.8 cm³/mol. The molecule has 2 aliphatic rings. The van der Waals surface area contributed by atoms with Gasteiger partial charge in [0.2, 0.25) is 0 Å². The third kappa shape index (κ3) is 3.25. The first kappa shape index (κ1) is 14.9. The molecule has 1 heterocycles. The first-order valence-electron chi connectivity index (χ1n) is 7.99. The average Bonchev–Trinajstić information content (AvgIpc) is 2.78. The van der Waals surface area contributed by atoms with Crippen molar-refractivity contribution < 1.29 is 9.53 Å². The zero-order valence-corrected chi connectivity index (χ0v) is 14.0. The Morgan fingerprint density at radius 3 is 2.52 bits per heavy atom. The number of aryl methyl sites for hydroxylation is 1. The standard InChI is InChI=1S/C17H25NO2S/c1-17(2,3)20-16(19)18(14-5-4-6-14)15-8-7-12-10-21-11-13(12)9-15/h10-11,14-15H,4-9H2,1-3H3. The van der Waals surface area contributed by atoms with Gasteiger partial charge in [-0.05, 0) is 81.2 Å². The normalized spacial score (nSPS) is 22.3. The molecule has 1 saturated carbocycles. The molecule has 0 saturated heterocycles. The van der Waals surface area contributed by atoms with Crippen LogP contribution in [-0.2, 0) is 17.6 Å². The summed E-state index contributed by atoms with van der Waals surface area (Å²) in [5, 5.41) is 4.50. The number of hydrogen-bond donors (Lipinski definition) is 0. The van der Waals surface area contributed by atoms with Crippen molar-refractivity contribution in [1.82, 2.24) is 4.90 Å². The molecule has 21 heavy (non-hydrogen) atoms. The van der Waals surface area contributed by atoms with Gasteiger partial charge in [-0.15, -0.1) is 0 Å². The molecule has 0 aliphatic heterocycles. The van der Waals surface area contributed by atoms with Crippen LogP contribution in [0.25, 0.3) is 0 Å². The molecule has 0 radical (unpaired) electrons. The summed E-state index contributed by atoms with van der Waals surface area (Å²) in [4.78, 5) is 14.7. The number of rotatable bonds is 2. The van der Waals surface area contributed by atoms with Crippen LogP contribution in [0.3, 0.4) is 0 Å². The molecule has 3 rings (SSSR count). The number of carbonyl (C=O) groups is 1. The van der Waals surface area contributed by atoms with Crippen LogP contribution in [0.4, 0.5) is 4.79 Å². The summed E-state index contributed by atoms with van der Waals surface area (Å²) in [6.45, 7) is 5.84. The van der Waals surface area contributed by atoms with Crippen LogP contribution in [0.15, 0.2) is 10.8 Å². The molecule has 1 aromatic heterocycles. The van der Waals surface area contributed by atoms with Gasteiger partial charge in [-0.25, -0.2) is 4.79 Å². The smallest absolute Gasteiger partial charge is 0.410 e. The molecule has 2 aliphatic carbocycles. The van der Waals surface area contributed by atoms with E-state index < -0.39 is 5.60 Å². The maximum atomic E-state index is 12.6. The molecule has 3 nitrogen and oxygen atoms in total. The van der Waals surface area contributed by atoms with Crippen LogP contribution < -0.4 is 0 Å². The summed E-state index contributed by atoms with van der Waals surface area (Å²) in [6, 6.07) is 0.706. The number of thiophene rings is 1. The molecule has 0 spiro atoms. The second kappa shape index (κ2) is 5.64. The molecular formula is C17H25NO2S. The lowest BCUT2D eigenvalue weighted by molar-refractivity contribution is -0.00799. The highest BCUT2D eigenvalue weighted by Crippen LogP contribution is 2.34. The zero-order chi connectivity index (χ0) is 15.0. The molecule has 1 fully saturated rings. The highest BCUT2D eigenvalue weighted by Gasteiger charge is 2.38. The minimum atomic E-state index is -0.415. The van der Waals surface area contributed by atoms with E-state index in [1.807, 2.05) is 20.8 Å². The molecular weight excluding hydrogens is 282 g/mol. The minimum absolute atomic E-state index is 0.115. The first-order valence-corrected chi connectivity index (χ1v) is 8.93. The fourth-order valence-corrected chi connectivity index (χ4v) is 4.15. The number of fused-ring (bicyclic) bond motifs is 1. The molecule has 116 valence electrons. The van der Waals surface area contributed by atoms with E-state index in [1.165, 1.54) is 17.5 Å². The summed E-state index contributed by atoms with van der Waals surface area (Å²) >= 11 is 1.78. The van der Waals surface area contributed by atoms with E-state index >= 15 is 0 Å². The fraction of sp³-hybridized carbons (Fsp3) is 0.706. The molecule has 4 heteroatoms. The Balaban J connectivity index is 1.75. The van der Waals surface area contributed by atoms with Crippen molar-refractivity contribution >= 4 is 17.4 Å². The van der Waals surface area contributed by atoms with E-state index in [0.717, 1.165) is 32.1 Å². The van der Waals surface area contributed by atoms with E-state index in [4.69, 9.17) is 4.74 Å². The van der Waals surface area contributed by atoms with Gasteiger partial charge in [0, 0.05) is 12.1 Å². The van der Waals surface area contributed by atoms with Gasteiger partial charge in [-0.3, -0.25) is 0 Å². The third-order valence-corrected chi connectivity index (χ3v) is 5.34. The number of amides is 1.